The quantitative estimate of drug-likeness (QED) is 0.170. The van der Waals surface area contributed by atoms with Crippen molar-refractivity contribution in [2.45, 2.75) is 6.42 Å². The monoisotopic (exact) mass is 741 g/mol. The predicted molar refractivity (Wildman–Crippen MR) is 240 cm³/mol. The number of rotatable bonds is 6. The van der Waals surface area contributed by atoms with E-state index < -0.39 is 0 Å². The summed E-state index contributed by atoms with van der Waals surface area (Å²) in [4.78, 5) is 15.8. The van der Waals surface area contributed by atoms with Gasteiger partial charge in [0, 0.05) is 27.5 Å². The molecule has 0 aliphatic heterocycles. The Morgan fingerprint density at radius 3 is 1.76 bits per heavy atom. The van der Waals surface area contributed by atoms with E-state index in [1.165, 1.54) is 5.56 Å². The number of hydrogen-bond donors (Lipinski definition) is 0. The molecule has 10 aromatic rings. The molecular weight excluding hydrogens is 707 g/mol. The van der Waals surface area contributed by atoms with Crippen molar-refractivity contribution < 1.29 is 4.42 Å². The number of furan rings is 1. The van der Waals surface area contributed by atoms with E-state index in [9.17, 15) is 0 Å². The van der Waals surface area contributed by atoms with Crippen LogP contribution >= 0.6 is 0 Å². The first-order chi connectivity index (χ1) is 28.7. The van der Waals surface area contributed by atoms with Crippen molar-refractivity contribution in [1.29, 1.82) is 0 Å². The second-order valence-electron chi connectivity index (χ2n) is 14.7. The van der Waals surface area contributed by atoms with E-state index in [0.717, 1.165) is 94.8 Å². The summed E-state index contributed by atoms with van der Waals surface area (Å²) in [6.45, 7) is 0. The van der Waals surface area contributed by atoms with Crippen LogP contribution in [-0.4, -0.2) is 15.0 Å². The zero-order valence-electron chi connectivity index (χ0n) is 31.5. The molecule has 0 unspecified atom stereocenters. The van der Waals surface area contributed by atoms with Crippen molar-refractivity contribution in [2.24, 2.45) is 0 Å². The van der Waals surface area contributed by atoms with Gasteiger partial charge in [-0.15, -0.1) is 0 Å². The second kappa shape index (κ2) is 14.1. The topological polar surface area (TPSA) is 51.8 Å². The molecule has 8 aromatic carbocycles. The average molecular weight is 742 g/mol. The summed E-state index contributed by atoms with van der Waals surface area (Å²) in [5.41, 5.74) is 13.7. The largest absolute Gasteiger partial charge is 0.456 e. The molecule has 0 spiro atoms. The van der Waals surface area contributed by atoms with Crippen molar-refractivity contribution in [3.8, 4) is 67.5 Å². The van der Waals surface area contributed by atoms with Gasteiger partial charge in [-0.2, -0.15) is 0 Å². The third-order valence-electron chi connectivity index (χ3n) is 11.1. The van der Waals surface area contributed by atoms with Gasteiger partial charge in [0.15, 0.2) is 17.5 Å². The Kier molecular flexibility index (Phi) is 8.18. The van der Waals surface area contributed by atoms with Gasteiger partial charge >= 0.3 is 0 Å². The lowest BCUT2D eigenvalue weighted by Gasteiger charge is -2.17. The summed E-state index contributed by atoms with van der Waals surface area (Å²) in [6, 6.07) is 61.7. The van der Waals surface area contributed by atoms with Gasteiger partial charge in [-0.1, -0.05) is 170 Å². The molecule has 0 saturated heterocycles. The Hall–Kier alpha value is -7.69. The van der Waals surface area contributed by atoms with Gasteiger partial charge in [0.1, 0.15) is 11.2 Å². The van der Waals surface area contributed by atoms with E-state index in [-0.39, 0.29) is 0 Å². The molecule has 0 atom stereocenters. The van der Waals surface area contributed by atoms with Crippen LogP contribution in [0.3, 0.4) is 0 Å². The zero-order chi connectivity index (χ0) is 38.4. The number of benzene rings is 8. The van der Waals surface area contributed by atoms with Gasteiger partial charge in [-0.3, -0.25) is 0 Å². The summed E-state index contributed by atoms with van der Waals surface area (Å²) >= 11 is 0. The summed E-state index contributed by atoms with van der Waals surface area (Å²) in [5, 5.41) is 4.50. The lowest BCUT2D eigenvalue weighted by Crippen LogP contribution is -2.03. The summed E-state index contributed by atoms with van der Waals surface area (Å²) in [6.07, 6.45) is 9.69. The first-order valence-electron chi connectivity index (χ1n) is 19.7. The van der Waals surface area contributed by atoms with Gasteiger partial charge < -0.3 is 4.42 Å². The minimum atomic E-state index is 0.625. The first kappa shape index (κ1) is 33.6. The number of aromatic nitrogens is 3. The molecule has 0 radical (unpaired) electrons. The minimum Gasteiger partial charge on any atom is -0.456 e. The molecule has 0 fully saturated rings. The van der Waals surface area contributed by atoms with Crippen molar-refractivity contribution >= 4 is 44.9 Å². The third-order valence-corrected chi connectivity index (χ3v) is 11.1. The molecule has 1 aliphatic carbocycles. The molecule has 4 heteroatoms. The van der Waals surface area contributed by atoms with Crippen molar-refractivity contribution in [3.63, 3.8) is 0 Å². The van der Waals surface area contributed by atoms with Gasteiger partial charge in [-0.05, 0) is 92.0 Å². The maximum atomic E-state index is 6.10. The highest BCUT2D eigenvalue weighted by molar-refractivity contribution is 6.06. The van der Waals surface area contributed by atoms with E-state index in [2.05, 4.69) is 182 Å². The van der Waals surface area contributed by atoms with E-state index in [1.54, 1.807) is 0 Å². The lowest BCUT2D eigenvalue weighted by molar-refractivity contribution is 0.669. The van der Waals surface area contributed by atoms with Crippen molar-refractivity contribution in [1.82, 2.24) is 15.0 Å². The zero-order valence-corrected chi connectivity index (χ0v) is 31.5. The number of allylic oxidation sites excluding steroid dienone is 2. The number of para-hydroxylation sites is 1. The van der Waals surface area contributed by atoms with Crippen LogP contribution in [0.15, 0.2) is 192 Å². The molecular formula is C54H35N3O. The molecule has 4 nitrogen and oxygen atoms in total. The van der Waals surface area contributed by atoms with Crippen LogP contribution in [0.25, 0.3) is 112 Å². The molecule has 1 aliphatic rings. The molecule has 0 saturated carbocycles. The summed E-state index contributed by atoms with van der Waals surface area (Å²) in [7, 11) is 0. The van der Waals surface area contributed by atoms with Gasteiger partial charge in [-0.25, -0.2) is 15.0 Å². The van der Waals surface area contributed by atoms with Crippen LogP contribution in [0, 0.1) is 0 Å². The van der Waals surface area contributed by atoms with Crippen LogP contribution < -0.4 is 0 Å². The Balaban J connectivity index is 1.06. The van der Waals surface area contributed by atoms with Crippen molar-refractivity contribution in [2.75, 3.05) is 0 Å². The first-order valence-corrected chi connectivity index (χ1v) is 19.7. The number of hydrogen-bond acceptors (Lipinski definition) is 4. The molecule has 11 rings (SSSR count). The maximum Gasteiger partial charge on any atom is 0.165 e. The highest BCUT2D eigenvalue weighted by Crippen LogP contribution is 2.40. The molecule has 2 heterocycles. The normalized spacial score (nSPS) is 12.3. The van der Waals surface area contributed by atoms with Crippen LogP contribution in [0.1, 0.15) is 17.5 Å². The molecule has 0 amide bonds. The second-order valence-corrected chi connectivity index (χ2v) is 14.7. The summed E-state index contributed by atoms with van der Waals surface area (Å²) in [5.74, 6) is 1.89. The fraction of sp³-hybridized carbons (Fsp3) is 0.0185. The van der Waals surface area contributed by atoms with Gasteiger partial charge in [0.25, 0.3) is 0 Å². The molecule has 0 N–H and O–H groups in total. The Morgan fingerprint density at radius 1 is 0.379 bits per heavy atom. The fourth-order valence-corrected chi connectivity index (χ4v) is 8.18. The SMILES string of the molecule is C1=Cc2ccc(-c3ccccc3)c(-c3nc(-c4ccc(-c5ccccc5)cc4)nc(-c4ccc5cc(-c6ccc7oc8ccccc8c7c6)ccc5c4)n3)c2C=CC1. The van der Waals surface area contributed by atoms with E-state index in [1.807, 2.05) is 18.2 Å². The van der Waals surface area contributed by atoms with Crippen molar-refractivity contribution in [3.05, 3.63) is 199 Å². The van der Waals surface area contributed by atoms with Crippen LogP contribution in [0.5, 0.6) is 0 Å². The molecule has 272 valence electrons. The lowest BCUT2D eigenvalue weighted by atomic mass is 9.91. The smallest absolute Gasteiger partial charge is 0.165 e. The molecule has 2 aromatic heterocycles. The van der Waals surface area contributed by atoms with E-state index in [0.29, 0.717) is 17.5 Å². The Morgan fingerprint density at radius 2 is 0.948 bits per heavy atom. The standard InChI is InChI=1S/C54H35N3O/c1-4-12-35(13-5-1)36-20-22-39(23-21-36)52-55-53(57-54(56-52)51-45-17-9-3-8-16-38(45)28-30-46(51)37-14-6-2-7-15-37)44-27-26-40-32-41(24-25-42(40)33-44)43-29-31-50-48(34-43)47-18-10-11-19-49(47)58-50/h1-2,4-34H,3H2. The average Bonchev–Trinajstić information content (AvgIpc) is 3.49. The van der Waals surface area contributed by atoms with Gasteiger partial charge in [0.2, 0.25) is 0 Å². The van der Waals surface area contributed by atoms with Crippen LogP contribution in [0.4, 0.5) is 0 Å². The predicted octanol–water partition coefficient (Wildman–Crippen LogP) is 14.4. The molecule has 58 heavy (non-hydrogen) atoms. The summed E-state index contributed by atoms with van der Waals surface area (Å²) < 4.78 is 6.10. The van der Waals surface area contributed by atoms with E-state index >= 15 is 0 Å². The van der Waals surface area contributed by atoms with Crippen LogP contribution in [0.2, 0.25) is 0 Å². The third kappa shape index (κ3) is 6.08. The highest BCUT2D eigenvalue weighted by atomic mass is 16.3. The Bertz CT molecular complexity index is 3230. The fourth-order valence-electron chi connectivity index (χ4n) is 8.18. The highest BCUT2D eigenvalue weighted by Gasteiger charge is 2.21. The number of fused-ring (bicyclic) bond motifs is 5. The Labute approximate surface area is 336 Å². The maximum absolute atomic E-state index is 6.10. The number of nitrogens with zero attached hydrogens (tertiary/aromatic N) is 3. The molecule has 0 bridgehead atoms. The van der Waals surface area contributed by atoms with E-state index in [4.69, 9.17) is 19.4 Å². The van der Waals surface area contributed by atoms with Crippen LogP contribution in [-0.2, 0) is 0 Å². The van der Waals surface area contributed by atoms with Gasteiger partial charge in [0.05, 0.1) is 0 Å². The minimum absolute atomic E-state index is 0.625.